The smallest absolute Gasteiger partial charge is 0.277 e. The van der Waals surface area contributed by atoms with Crippen molar-refractivity contribution in [3.05, 3.63) is 54.0 Å². The molecule has 0 unspecified atom stereocenters. The van der Waals surface area contributed by atoms with Crippen LogP contribution in [0.2, 0.25) is 0 Å². The second kappa shape index (κ2) is 9.17. The van der Waals surface area contributed by atoms with Crippen molar-refractivity contribution in [1.82, 2.24) is 19.8 Å². The summed E-state index contributed by atoms with van der Waals surface area (Å²) in [6, 6.07) is 8.81. The monoisotopic (exact) mass is 434 g/mol. The van der Waals surface area contributed by atoms with E-state index < -0.39 is 0 Å². The fourth-order valence-corrected chi connectivity index (χ4v) is 4.05. The second-order valence-electron chi connectivity index (χ2n) is 7.77. The largest absolute Gasteiger partial charge is 0.363 e. The predicted molar refractivity (Wildman–Crippen MR) is 120 cm³/mol. The number of imide groups is 1. The van der Waals surface area contributed by atoms with Gasteiger partial charge in [0.05, 0.1) is 5.57 Å². The Morgan fingerprint density at radius 3 is 2.19 bits per heavy atom. The molecule has 0 atom stereocenters. The molecule has 3 heterocycles. The van der Waals surface area contributed by atoms with E-state index in [4.69, 9.17) is 0 Å². The fourth-order valence-electron chi connectivity index (χ4n) is 4.05. The van der Waals surface area contributed by atoms with Gasteiger partial charge in [-0.1, -0.05) is 19.1 Å². The van der Waals surface area contributed by atoms with Crippen LogP contribution in [0.25, 0.3) is 5.57 Å². The Labute approximate surface area is 186 Å². The highest BCUT2D eigenvalue weighted by atomic mass is 16.2. The number of anilines is 2. The van der Waals surface area contributed by atoms with E-state index >= 15 is 0 Å². The molecule has 9 nitrogen and oxygen atoms in total. The van der Waals surface area contributed by atoms with Gasteiger partial charge in [0.2, 0.25) is 11.9 Å². The highest BCUT2D eigenvalue weighted by Gasteiger charge is 2.41. The van der Waals surface area contributed by atoms with E-state index in [1.807, 2.05) is 11.8 Å². The summed E-state index contributed by atoms with van der Waals surface area (Å²) in [5, 5.41) is 2.72. The van der Waals surface area contributed by atoms with Crippen LogP contribution < -0.4 is 10.2 Å². The quantitative estimate of drug-likeness (QED) is 0.692. The van der Waals surface area contributed by atoms with E-state index in [9.17, 15) is 14.4 Å². The van der Waals surface area contributed by atoms with Crippen molar-refractivity contribution in [3.63, 3.8) is 0 Å². The lowest BCUT2D eigenvalue weighted by atomic mass is 10.0. The molecule has 0 aliphatic carbocycles. The minimum absolute atomic E-state index is 0.167. The first-order valence-electron chi connectivity index (χ1n) is 10.7. The SMILES string of the molecule is CCCN1C(=O)C(c2ccc(NC(C)=O)cc2)=C(N2CCN(c3ncccn3)CC2)C1=O. The Balaban J connectivity index is 1.63. The van der Waals surface area contributed by atoms with Crippen molar-refractivity contribution >= 4 is 34.9 Å². The van der Waals surface area contributed by atoms with Crippen LogP contribution in [0.5, 0.6) is 0 Å². The molecule has 3 amide bonds. The zero-order chi connectivity index (χ0) is 22.7. The van der Waals surface area contributed by atoms with Crippen LogP contribution in [0.1, 0.15) is 25.8 Å². The molecule has 2 aliphatic rings. The topological polar surface area (TPSA) is 98.7 Å². The maximum absolute atomic E-state index is 13.3. The van der Waals surface area contributed by atoms with Gasteiger partial charge in [0.25, 0.3) is 11.8 Å². The summed E-state index contributed by atoms with van der Waals surface area (Å²) in [4.78, 5) is 51.8. The van der Waals surface area contributed by atoms with Crippen molar-refractivity contribution in [2.24, 2.45) is 0 Å². The third kappa shape index (κ3) is 4.18. The lowest BCUT2D eigenvalue weighted by molar-refractivity contribution is -0.137. The third-order valence-electron chi connectivity index (χ3n) is 5.52. The molecular formula is C23H26N6O3. The van der Waals surface area contributed by atoms with Crippen LogP contribution in [-0.4, -0.2) is 70.2 Å². The molecular weight excluding hydrogens is 408 g/mol. The number of nitrogens with zero attached hydrogens (tertiary/aromatic N) is 5. The normalized spacial score (nSPS) is 16.8. The van der Waals surface area contributed by atoms with E-state index in [2.05, 4.69) is 20.2 Å². The molecule has 1 aromatic carbocycles. The van der Waals surface area contributed by atoms with E-state index in [1.165, 1.54) is 11.8 Å². The molecule has 9 heteroatoms. The maximum atomic E-state index is 13.3. The molecule has 32 heavy (non-hydrogen) atoms. The van der Waals surface area contributed by atoms with Crippen molar-refractivity contribution < 1.29 is 14.4 Å². The Morgan fingerprint density at radius 2 is 1.59 bits per heavy atom. The molecule has 1 saturated heterocycles. The van der Waals surface area contributed by atoms with Crippen LogP contribution in [0, 0.1) is 0 Å². The lowest BCUT2D eigenvalue weighted by Crippen LogP contribution is -2.48. The van der Waals surface area contributed by atoms with E-state index in [-0.39, 0.29) is 17.7 Å². The number of benzene rings is 1. The zero-order valence-corrected chi connectivity index (χ0v) is 18.2. The molecule has 0 radical (unpaired) electrons. The van der Waals surface area contributed by atoms with Gasteiger partial charge in [-0.15, -0.1) is 0 Å². The predicted octanol–water partition coefficient (Wildman–Crippen LogP) is 1.75. The molecule has 2 aliphatic heterocycles. The van der Waals surface area contributed by atoms with Gasteiger partial charge in [0, 0.05) is 57.7 Å². The molecule has 1 fully saturated rings. The van der Waals surface area contributed by atoms with Crippen LogP contribution in [-0.2, 0) is 14.4 Å². The highest BCUT2D eigenvalue weighted by molar-refractivity contribution is 6.35. The molecule has 4 rings (SSSR count). The van der Waals surface area contributed by atoms with Crippen molar-refractivity contribution in [2.45, 2.75) is 20.3 Å². The number of aromatic nitrogens is 2. The Bertz CT molecular complexity index is 1040. The molecule has 0 saturated carbocycles. The number of carbonyl (C=O) groups excluding carboxylic acids is 3. The van der Waals surface area contributed by atoms with E-state index in [0.717, 1.165) is 0 Å². The highest BCUT2D eigenvalue weighted by Crippen LogP contribution is 2.33. The number of amides is 3. The molecule has 2 aromatic rings. The van der Waals surface area contributed by atoms with Crippen molar-refractivity contribution in [3.8, 4) is 0 Å². The Hall–Kier alpha value is -3.75. The Morgan fingerprint density at radius 1 is 0.969 bits per heavy atom. The van der Waals surface area contributed by atoms with Gasteiger partial charge in [0.1, 0.15) is 5.70 Å². The van der Waals surface area contributed by atoms with Crippen molar-refractivity contribution in [2.75, 3.05) is 42.9 Å². The first-order chi connectivity index (χ1) is 15.5. The second-order valence-corrected chi connectivity index (χ2v) is 7.77. The van der Waals surface area contributed by atoms with Gasteiger partial charge in [0.15, 0.2) is 0 Å². The minimum atomic E-state index is -0.270. The lowest BCUT2D eigenvalue weighted by Gasteiger charge is -2.36. The number of hydrogen-bond donors (Lipinski definition) is 1. The number of rotatable bonds is 6. The molecule has 0 spiro atoms. The summed E-state index contributed by atoms with van der Waals surface area (Å²) in [5.74, 6) is -0.0225. The first kappa shape index (κ1) is 21.5. The van der Waals surface area contributed by atoms with E-state index in [0.29, 0.717) is 67.6 Å². The van der Waals surface area contributed by atoms with Gasteiger partial charge >= 0.3 is 0 Å². The van der Waals surface area contributed by atoms with E-state index in [1.54, 1.807) is 42.7 Å². The number of piperazine rings is 1. The first-order valence-corrected chi connectivity index (χ1v) is 10.7. The summed E-state index contributed by atoms with van der Waals surface area (Å²) < 4.78 is 0. The number of hydrogen-bond acceptors (Lipinski definition) is 7. The van der Waals surface area contributed by atoms with Crippen molar-refractivity contribution in [1.29, 1.82) is 0 Å². The van der Waals surface area contributed by atoms with Crippen LogP contribution in [0.4, 0.5) is 11.6 Å². The standard InChI is InChI=1S/C23H26N6O3/c1-3-11-29-21(31)19(17-5-7-18(8-6-17)26-16(2)30)20(22(29)32)27-12-14-28(15-13-27)23-24-9-4-10-25-23/h4-10H,3,11-15H2,1-2H3,(H,26,30). The average molecular weight is 435 g/mol. The summed E-state index contributed by atoms with van der Waals surface area (Å²) in [7, 11) is 0. The summed E-state index contributed by atoms with van der Waals surface area (Å²) in [6.45, 7) is 6.23. The summed E-state index contributed by atoms with van der Waals surface area (Å²) >= 11 is 0. The Kier molecular flexibility index (Phi) is 6.16. The number of nitrogens with one attached hydrogen (secondary N) is 1. The third-order valence-corrected chi connectivity index (χ3v) is 5.52. The van der Waals surface area contributed by atoms with Crippen LogP contribution >= 0.6 is 0 Å². The van der Waals surface area contributed by atoms with Gasteiger partial charge < -0.3 is 15.1 Å². The molecule has 0 bridgehead atoms. The summed E-state index contributed by atoms with van der Waals surface area (Å²) in [5.41, 5.74) is 2.17. The molecule has 1 N–H and O–H groups in total. The van der Waals surface area contributed by atoms with Gasteiger partial charge in [-0.2, -0.15) is 0 Å². The van der Waals surface area contributed by atoms with Crippen LogP contribution in [0.15, 0.2) is 48.4 Å². The summed E-state index contributed by atoms with van der Waals surface area (Å²) in [6.07, 6.45) is 4.11. The molecule has 166 valence electrons. The zero-order valence-electron chi connectivity index (χ0n) is 18.2. The van der Waals surface area contributed by atoms with Gasteiger partial charge in [-0.25, -0.2) is 9.97 Å². The molecule has 1 aromatic heterocycles. The minimum Gasteiger partial charge on any atom is -0.363 e. The number of carbonyl (C=O) groups is 3. The van der Waals surface area contributed by atoms with Gasteiger partial charge in [-0.3, -0.25) is 19.3 Å². The maximum Gasteiger partial charge on any atom is 0.277 e. The van der Waals surface area contributed by atoms with Gasteiger partial charge in [-0.05, 0) is 30.2 Å². The van der Waals surface area contributed by atoms with Crippen LogP contribution in [0.3, 0.4) is 0 Å². The average Bonchev–Trinajstić information content (AvgIpc) is 3.05. The fraction of sp³-hybridized carbons (Fsp3) is 0.348.